The second-order valence-electron chi connectivity index (χ2n) is 10.7. The Hall–Kier alpha value is -3.68. The van der Waals surface area contributed by atoms with E-state index >= 15 is 0 Å². The molecule has 0 spiro atoms. The first-order chi connectivity index (χ1) is 19.8. The highest BCUT2D eigenvalue weighted by Crippen LogP contribution is 2.61. The van der Waals surface area contributed by atoms with Crippen molar-refractivity contribution in [3.05, 3.63) is 99.0 Å². The van der Waals surface area contributed by atoms with Crippen molar-refractivity contribution in [3.8, 4) is 0 Å². The Morgan fingerprint density at radius 2 is 1.41 bits per heavy atom. The molecule has 41 heavy (non-hydrogen) atoms. The van der Waals surface area contributed by atoms with Crippen LogP contribution in [0.2, 0.25) is 10.0 Å². The fourth-order valence-corrected chi connectivity index (χ4v) is 7.22. The number of amides is 3. The molecule has 3 aliphatic carbocycles. The maximum atomic E-state index is 14.1. The van der Waals surface area contributed by atoms with Gasteiger partial charge in [0.25, 0.3) is 5.91 Å². The average molecular weight is 591 g/mol. The molecule has 4 aliphatic rings. The van der Waals surface area contributed by atoms with Crippen LogP contribution in [0.5, 0.6) is 0 Å². The molecule has 2 bridgehead atoms. The zero-order valence-electron chi connectivity index (χ0n) is 22.3. The van der Waals surface area contributed by atoms with E-state index in [9.17, 15) is 19.2 Å². The molecule has 1 fully saturated rings. The van der Waals surface area contributed by atoms with Gasteiger partial charge in [-0.25, -0.2) is 4.79 Å². The standard InChI is InChI=1S/C32H28Cl2N2O5/c1-2-3-12-24(32(40)41-16-25(37)35-23-14-13-17(33)15-22(23)34)36-30(38)28-26-18-8-4-5-9-19(18)27(29(28)31(36)39)21-11-7-6-10-20(21)26/h4-11,13-15,24,26-29H,2-3,12,16H2,1H3,(H,35,37)/t24-,26?,27?,28+,29+/m1/s1. The van der Waals surface area contributed by atoms with Crippen molar-refractivity contribution in [1.82, 2.24) is 4.90 Å². The summed E-state index contributed by atoms with van der Waals surface area (Å²) in [7, 11) is 0. The van der Waals surface area contributed by atoms with Crippen LogP contribution in [0.1, 0.15) is 60.3 Å². The summed E-state index contributed by atoms with van der Waals surface area (Å²) in [6, 6.07) is 19.5. The predicted octanol–water partition coefficient (Wildman–Crippen LogP) is 5.93. The van der Waals surface area contributed by atoms with Gasteiger partial charge in [0.1, 0.15) is 6.04 Å². The zero-order valence-corrected chi connectivity index (χ0v) is 23.8. The summed E-state index contributed by atoms with van der Waals surface area (Å²) in [6.45, 7) is 1.37. The van der Waals surface area contributed by atoms with Crippen LogP contribution in [-0.2, 0) is 23.9 Å². The van der Waals surface area contributed by atoms with Gasteiger partial charge in [0.15, 0.2) is 6.61 Å². The highest BCUT2D eigenvalue weighted by molar-refractivity contribution is 6.36. The lowest BCUT2D eigenvalue weighted by Crippen LogP contribution is -2.47. The van der Waals surface area contributed by atoms with E-state index in [1.807, 2.05) is 55.5 Å². The van der Waals surface area contributed by atoms with Crippen LogP contribution in [0.3, 0.4) is 0 Å². The summed E-state index contributed by atoms with van der Waals surface area (Å²) in [5, 5.41) is 3.24. The maximum Gasteiger partial charge on any atom is 0.329 e. The molecule has 7 rings (SSSR count). The van der Waals surface area contributed by atoms with Crippen molar-refractivity contribution < 1.29 is 23.9 Å². The first-order valence-electron chi connectivity index (χ1n) is 13.8. The van der Waals surface area contributed by atoms with Crippen molar-refractivity contribution in [2.45, 2.75) is 44.1 Å². The molecule has 0 unspecified atom stereocenters. The molecule has 3 amide bonds. The quantitative estimate of drug-likeness (QED) is 0.259. The molecule has 1 saturated heterocycles. The fraction of sp³-hybridized carbons (Fsp3) is 0.312. The molecular formula is C32H28Cl2N2O5. The summed E-state index contributed by atoms with van der Waals surface area (Å²) >= 11 is 12.0. The molecule has 7 nitrogen and oxygen atoms in total. The van der Waals surface area contributed by atoms with E-state index in [1.54, 1.807) is 12.1 Å². The second kappa shape index (κ2) is 11.0. The number of rotatable bonds is 8. The summed E-state index contributed by atoms with van der Waals surface area (Å²) in [4.78, 5) is 55.3. The summed E-state index contributed by atoms with van der Waals surface area (Å²) in [5.74, 6) is -3.81. The minimum Gasteiger partial charge on any atom is -0.454 e. The Kier molecular flexibility index (Phi) is 7.34. The van der Waals surface area contributed by atoms with Gasteiger partial charge in [0.2, 0.25) is 11.8 Å². The van der Waals surface area contributed by atoms with E-state index in [4.69, 9.17) is 27.9 Å². The number of hydrogen-bond acceptors (Lipinski definition) is 5. The molecule has 1 N–H and O–H groups in total. The number of benzene rings is 3. The number of anilines is 1. The number of carbonyl (C=O) groups is 4. The van der Waals surface area contributed by atoms with Gasteiger partial charge in [0, 0.05) is 16.9 Å². The Morgan fingerprint density at radius 1 is 0.878 bits per heavy atom. The third-order valence-corrected chi connectivity index (χ3v) is 9.00. The van der Waals surface area contributed by atoms with Gasteiger partial charge in [-0.3, -0.25) is 19.3 Å². The highest BCUT2D eigenvalue weighted by Gasteiger charge is 2.63. The molecule has 3 aromatic rings. The van der Waals surface area contributed by atoms with E-state index in [1.165, 1.54) is 6.07 Å². The largest absolute Gasteiger partial charge is 0.454 e. The summed E-state index contributed by atoms with van der Waals surface area (Å²) < 4.78 is 5.39. The van der Waals surface area contributed by atoms with Crippen molar-refractivity contribution >= 4 is 52.6 Å². The Morgan fingerprint density at radius 3 is 1.90 bits per heavy atom. The van der Waals surface area contributed by atoms with E-state index in [-0.39, 0.29) is 35.1 Å². The monoisotopic (exact) mass is 590 g/mol. The van der Waals surface area contributed by atoms with Crippen LogP contribution < -0.4 is 5.32 Å². The van der Waals surface area contributed by atoms with Crippen LogP contribution in [0, 0.1) is 11.8 Å². The number of carbonyl (C=O) groups excluding carboxylic acids is 4. The number of imide groups is 1. The Balaban J connectivity index is 1.26. The molecule has 210 valence electrons. The Bertz CT molecular complexity index is 1460. The van der Waals surface area contributed by atoms with Crippen LogP contribution in [0.15, 0.2) is 66.7 Å². The number of halogens is 2. The molecule has 3 atom stereocenters. The van der Waals surface area contributed by atoms with Crippen LogP contribution >= 0.6 is 23.2 Å². The first kappa shape index (κ1) is 27.5. The number of unbranched alkanes of at least 4 members (excludes halogenated alkanes) is 1. The van der Waals surface area contributed by atoms with Crippen LogP contribution in [0.4, 0.5) is 5.69 Å². The second-order valence-corrected chi connectivity index (χ2v) is 11.6. The number of likely N-dealkylation sites (tertiary alicyclic amines) is 1. The van der Waals surface area contributed by atoms with Crippen molar-refractivity contribution in [3.63, 3.8) is 0 Å². The van der Waals surface area contributed by atoms with Crippen LogP contribution in [-0.4, -0.2) is 41.2 Å². The third kappa shape index (κ3) is 4.61. The van der Waals surface area contributed by atoms with E-state index in [0.717, 1.165) is 33.6 Å². The minimum atomic E-state index is -1.11. The SMILES string of the molecule is CCCC[C@H](C(=O)OCC(=O)Nc1ccc(Cl)cc1Cl)N1C(=O)[C@H]2C3c4ccccc4C(c4ccccc43)[C@@H]2C1=O. The van der Waals surface area contributed by atoms with Crippen molar-refractivity contribution in [2.24, 2.45) is 11.8 Å². The van der Waals surface area contributed by atoms with Gasteiger partial charge in [0.05, 0.1) is 22.5 Å². The molecular weight excluding hydrogens is 563 g/mol. The van der Waals surface area contributed by atoms with Gasteiger partial charge < -0.3 is 10.1 Å². The van der Waals surface area contributed by atoms with Gasteiger partial charge >= 0.3 is 5.97 Å². The van der Waals surface area contributed by atoms with Crippen LogP contribution in [0.25, 0.3) is 0 Å². The number of nitrogens with one attached hydrogen (secondary N) is 1. The molecule has 3 aromatic carbocycles. The average Bonchev–Trinajstić information content (AvgIpc) is 3.24. The lowest BCUT2D eigenvalue weighted by molar-refractivity contribution is -0.160. The van der Waals surface area contributed by atoms with Gasteiger partial charge in [-0.1, -0.05) is 91.5 Å². The highest BCUT2D eigenvalue weighted by atomic mass is 35.5. The lowest BCUT2D eigenvalue weighted by Gasteiger charge is -2.45. The molecule has 0 aromatic heterocycles. The smallest absolute Gasteiger partial charge is 0.329 e. The van der Waals surface area contributed by atoms with Crippen molar-refractivity contribution in [2.75, 3.05) is 11.9 Å². The van der Waals surface area contributed by atoms with E-state index < -0.39 is 36.4 Å². The summed E-state index contributed by atoms with van der Waals surface area (Å²) in [6.07, 6.45) is 1.61. The van der Waals surface area contributed by atoms with E-state index in [0.29, 0.717) is 17.1 Å². The molecule has 1 heterocycles. The van der Waals surface area contributed by atoms with Gasteiger partial charge in [-0.05, 0) is 46.9 Å². The maximum absolute atomic E-state index is 14.1. The normalized spacial score (nSPS) is 22.6. The zero-order chi connectivity index (χ0) is 28.8. The third-order valence-electron chi connectivity index (χ3n) is 8.45. The lowest BCUT2D eigenvalue weighted by atomic mass is 9.55. The number of esters is 1. The van der Waals surface area contributed by atoms with E-state index in [2.05, 4.69) is 5.32 Å². The first-order valence-corrected chi connectivity index (χ1v) is 14.5. The predicted molar refractivity (Wildman–Crippen MR) is 155 cm³/mol. The number of nitrogens with zero attached hydrogens (tertiary/aromatic N) is 1. The van der Waals surface area contributed by atoms with Gasteiger partial charge in [-0.2, -0.15) is 0 Å². The topological polar surface area (TPSA) is 92.8 Å². The Labute approximate surface area is 247 Å². The molecule has 0 radical (unpaired) electrons. The van der Waals surface area contributed by atoms with Crippen molar-refractivity contribution in [1.29, 1.82) is 0 Å². The minimum absolute atomic E-state index is 0.241. The molecule has 0 saturated carbocycles. The number of ether oxygens (including phenoxy) is 1. The fourth-order valence-electron chi connectivity index (χ4n) is 6.77. The molecule has 9 heteroatoms. The van der Waals surface area contributed by atoms with Gasteiger partial charge in [-0.15, -0.1) is 0 Å². The molecule has 1 aliphatic heterocycles. The summed E-state index contributed by atoms with van der Waals surface area (Å²) in [5.41, 5.74) is 4.57. The number of hydrogen-bond donors (Lipinski definition) is 1.